The van der Waals surface area contributed by atoms with Crippen molar-refractivity contribution in [3.63, 3.8) is 0 Å². The number of nitrogens with zero attached hydrogens (tertiary/aromatic N) is 1. The lowest BCUT2D eigenvalue weighted by atomic mass is 10.1. The first-order chi connectivity index (χ1) is 13.3. The smallest absolute Gasteiger partial charge is 0.00187 e. The molecule has 0 fully saturated rings. The van der Waals surface area contributed by atoms with Gasteiger partial charge in [-0.05, 0) is 38.9 Å². The summed E-state index contributed by atoms with van der Waals surface area (Å²) in [6.07, 6.45) is 28.7. The zero-order valence-corrected chi connectivity index (χ0v) is 19.7. The summed E-state index contributed by atoms with van der Waals surface area (Å²) in [5.74, 6) is 0. The van der Waals surface area contributed by atoms with Gasteiger partial charge in [0, 0.05) is 0 Å². The summed E-state index contributed by atoms with van der Waals surface area (Å²) in [5.41, 5.74) is 0. The van der Waals surface area contributed by atoms with Crippen LogP contribution in [0.4, 0.5) is 0 Å². The molecule has 0 saturated carbocycles. The van der Waals surface area contributed by atoms with Crippen LogP contribution in [0.15, 0.2) is 0 Å². The number of hydrogen-bond acceptors (Lipinski definition) is 1. The summed E-state index contributed by atoms with van der Waals surface area (Å²) in [6.45, 7) is 11.0. The monoisotopic (exact) mass is 381 g/mol. The Morgan fingerprint density at radius 1 is 0.296 bits per heavy atom. The molecule has 0 aromatic heterocycles. The molecular weight excluding hydrogens is 326 g/mol. The van der Waals surface area contributed by atoms with Crippen molar-refractivity contribution in [1.82, 2.24) is 4.90 Å². The molecular formula is C26H55N. The first-order valence-electron chi connectivity index (χ1n) is 13.1. The molecule has 0 spiro atoms. The van der Waals surface area contributed by atoms with Crippen LogP contribution in [0.1, 0.15) is 149 Å². The summed E-state index contributed by atoms with van der Waals surface area (Å²) in [6, 6.07) is 0. The average molecular weight is 382 g/mol. The van der Waals surface area contributed by atoms with E-state index >= 15 is 0 Å². The zero-order chi connectivity index (χ0) is 19.8. The Bertz CT molecular complexity index is 233. The summed E-state index contributed by atoms with van der Waals surface area (Å²) in [5, 5.41) is 0. The molecule has 27 heavy (non-hydrogen) atoms. The van der Waals surface area contributed by atoms with Gasteiger partial charge < -0.3 is 4.90 Å². The van der Waals surface area contributed by atoms with Gasteiger partial charge in [0.15, 0.2) is 0 Å². The van der Waals surface area contributed by atoms with Gasteiger partial charge >= 0.3 is 0 Å². The molecule has 0 aromatic rings. The summed E-state index contributed by atoms with van der Waals surface area (Å²) < 4.78 is 0. The van der Waals surface area contributed by atoms with Crippen LogP contribution in [0, 0.1) is 0 Å². The number of hydrogen-bond donors (Lipinski definition) is 0. The molecule has 0 saturated heterocycles. The van der Waals surface area contributed by atoms with Crippen molar-refractivity contribution in [2.24, 2.45) is 0 Å². The van der Waals surface area contributed by atoms with Crippen molar-refractivity contribution in [2.75, 3.05) is 19.6 Å². The van der Waals surface area contributed by atoms with E-state index < -0.39 is 0 Å². The van der Waals surface area contributed by atoms with E-state index in [1.165, 1.54) is 148 Å². The predicted octanol–water partition coefficient (Wildman–Crippen LogP) is 9.15. The fourth-order valence-electron chi connectivity index (χ4n) is 4.04. The number of unbranched alkanes of at least 4 members (excludes halogenated alkanes) is 17. The standard InChI is InChI=1S/C26H55N/c1-4-7-10-13-16-19-22-25-27(24-21-18-15-12-9-6-3)26-23-20-17-14-11-8-5-2/h4-26H2,1-3H3. The van der Waals surface area contributed by atoms with Gasteiger partial charge in [0.25, 0.3) is 0 Å². The molecule has 1 heteroatoms. The van der Waals surface area contributed by atoms with E-state index in [2.05, 4.69) is 25.7 Å². The molecule has 0 unspecified atom stereocenters. The van der Waals surface area contributed by atoms with Crippen LogP contribution in [0.25, 0.3) is 0 Å². The van der Waals surface area contributed by atoms with E-state index in [0.717, 1.165) is 0 Å². The molecule has 0 heterocycles. The maximum Gasteiger partial charge on any atom is -0.00187 e. The second-order valence-corrected chi connectivity index (χ2v) is 8.85. The molecule has 0 radical (unpaired) electrons. The first-order valence-corrected chi connectivity index (χ1v) is 13.1. The van der Waals surface area contributed by atoms with Gasteiger partial charge in [0.1, 0.15) is 0 Å². The van der Waals surface area contributed by atoms with E-state index in [0.29, 0.717) is 0 Å². The van der Waals surface area contributed by atoms with Crippen molar-refractivity contribution >= 4 is 0 Å². The topological polar surface area (TPSA) is 3.24 Å². The first kappa shape index (κ1) is 27.0. The van der Waals surface area contributed by atoms with Gasteiger partial charge in [-0.15, -0.1) is 0 Å². The Morgan fingerprint density at radius 3 is 0.778 bits per heavy atom. The molecule has 0 atom stereocenters. The van der Waals surface area contributed by atoms with Crippen molar-refractivity contribution in [1.29, 1.82) is 0 Å². The molecule has 0 rings (SSSR count). The Morgan fingerprint density at radius 2 is 0.519 bits per heavy atom. The maximum atomic E-state index is 2.80. The lowest BCUT2D eigenvalue weighted by Gasteiger charge is -2.22. The fourth-order valence-corrected chi connectivity index (χ4v) is 4.04. The third-order valence-electron chi connectivity index (χ3n) is 5.98. The Kier molecular flexibility index (Phi) is 24.0. The highest BCUT2D eigenvalue weighted by Crippen LogP contribution is 2.12. The summed E-state index contributed by atoms with van der Waals surface area (Å²) in [7, 11) is 0. The van der Waals surface area contributed by atoms with E-state index in [1.54, 1.807) is 0 Å². The maximum absolute atomic E-state index is 2.80. The highest BCUT2D eigenvalue weighted by molar-refractivity contribution is 4.60. The molecule has 0 amide bonds. The minimum absolute atomic E-state index is 1.36. The number of rotatable bonds is 23. The van der Waals surface area contributed by atoms with Gasteiger partial charge in [-0.1, -0.05) is 130 Å². The van der Waals surface area contributed by atoms with E-state index in [4.69, 9.17) is 0 Å². The second-order valence-electron chi connectivity index (χ2n) is 8.85. The molecule has 1 nitrogen and oxygen atoms in total. The van der Waals surface area contributed by atoms with Crippen molar-refractivity contribution < 1.29 is 0 Å². The van der Waals surface area contributed by atoms with Crippen molar-refractivity contribution in [3.05, 3.63) is 0 Å². The van der Waals surface area contributed by atoms with Crippen LogP contribution >= 0.6 is 0 Å². The SMILES string of the molecule is CCCCCCCCCN(CCCCCCCC)CCCCCCCCC. The molecule has 0 N–H and O–H groups in total. The van der Waals surface area contributed by atoms with Crippen LogP contribution < -0.4 is 0 Å². The van der Waals surface area contributed by atoms with Gasteiger partial charge in [0.05, 0.1) is 0 Å². The Labute approximate surface area is 174 Å². The molecule has 0 aliphatic rings. The largest absolute Gasteiger partial charge is 0.303 e. The average Bonchev–Trinajstić information content (AvgIpc) is 2.68. The van der Waals surface area contributed by atoms with Gasteiger partial charge in [-0.2, -0.15) is 0 Å². The highest BCUT2D eigenvalue weighted by Gasteiger charge is 2.05. The quantitative estimate of drug-likeness (QED) is 0.159. The zero-order valence-electron chi connectivity index (χ0n) is 19.7. The van der Waals surface area contributed by atoms with E-state index in [9.17, 15) is 0 Å². The van der Waals surface area contributed by atoms with Gasteiger partial charge in [-0.3, -0.25) is 0 Å². The third-order valence-corrected chi connectivity index (χ3v) is 5.98. The van der Waals surface area contributed by atoms with Crippen LogP contribution in [0.2, 0.25) is 0 Å². The van der Waals surface area contributed by atoms with Crippen molar-refractivity contribution in [3.8, 4) is 0 Å². The molecule has 0 aromatic carbocycles. The van der Waals surface area contributed by atoms with Gasteiger partial charge in [0.2, 0.25) is 0 Å². The van der Waals surface area contributed by atoms with Crippen LogP contribution in [0.3, 0.4) is 0 Å². The van der Waals surface area contributed by atoms with Crippen molar-refractivity contribution in [2.45, 2.75) is 149 Å². The highest BCUT2D eigenvalue weighted by atomic mass is 15.1. The molecule has 0 aliphatic heterocycles. The Hall–Kier alpha value is -0.0400. The van der Waals surface area contributed by atoms with E-state index in [-0.39, 0.29) is 0 Å². The van der Waals surface area contributed by atoms with E-state index in [1.807, 2.05) is 0 Å². The molecule has 0 bridgehead atoms. The fraction of sp³-hybridized carbons (Fsp3) is 1.00. The normalized spacial score (nSPS) is 11.6. The minimum atomic E-state index is 1.36. The third kappa shape index (κ3) is 22.1. The summed E-state index contributed by atoms with van der Waals surface area (Å²) >= 11 is 0. The van der Waals surface area contributed by atoms with Crippen LogP contribution in [-0.4, -0.2) is 24.5 Å². The lowest BCUT2D eigenvalue weighted by molar-refractivity contribution is 0.254. The van der Waals surface area contributed by atoms with Crippen LogP contribution in [0.5, 0.6) is 0 Å². The Balaban J connectivity index is 3.78. The minimum Gasteiger partial charge on any atom is -0.303 e. The van der Waals surface area contributed by atoms with Crippen LogP contribution in [-0.2, 0) is 0 Å². The second kappa shape index (κ2) is 24.0. The predicted molar refractivity (Wildman–Crippen MR) is 126 cm³/mol. The molecule has 0 aliphatic carbocycles. The molecule has 164 valence electrons. The lowest BCUT2D eigenvalue weighted by Crippen LogP contribution is -2.27. The van der Waals surface area contributed by atoms with Gasteiger partial charge in [-0.25, -0.2) is 0 Å². The summed E-state index contributed by atoms with van der Waals surface area (Å²) in [4.78, 5) is 2.80.